The molecular weight excluding hydrogens is 230 g/mol. The van der Waals surface area contributed by atoms with Gasteiger partial charge in [0, 0.05) is 26.4 Å². The van der Waals surface area contributed by atoms with Crippen LogP contribution >= 0.6 is 0 Å². The number of ether oxygens (including phenoxy) is 1. The molecule has 0 bridgehead atoms. The Hall–Kier alpha value is -1.62. The maximum atomic E-state index is 12.1. The maximum absolute atomic E-state index is 12.1. The minimum atomic E-state index is -0.115. The lowest BCUT2D eigenvalue weighted by molar-refractivity contribution is 0.0681. The summed E-state index contributed by atoms with van der Waals surface area (Å²) in [5.74, 6) is 0.906. The van der Waals surface area contributed by atoms with Crippen molar-refractivity contribution < 1.29 is 9.53 Å². The fourth-order valence-corrected chi connectivity index (χ4v) is 1.64. The van der Waals surface area contributed by atoms with Gasteiger partial charge in [-0.15, -0.1) is 0 Å². The van der Waals surface area contributed by atoms with Crippen molar-refractivity contribution in [2.45, 2.75) is 12.8 Å². The SMILES string of the molecule is CN(CCOCC1CC1)C(=O)c1cccnc1N. The van der Waals surface area contributed by atoms with Crippen LogP contribution in [0.2, 0.25) is 0 Å². The van der Waals surface area contributed by atoms with E-state index in [4.69, 9.17) is 10.5 Å². The Morgan fingerprint density at radius 2 is 2.39 bits per heavy atom. The van der Waals surface area contributed by atoms with Crippen molar-refractivity contribution in [2.24, 2.45) is 5.92 Å². The molecule has 1 amide bonds. The molecule has 2 N–H and O–H groups in total. The summed E-state index contributed by atoms with van der Waals surface area (Å²) in [6, 6.07) is 3.40. The van der Waals surface area contributed by atoms with Gasteiger partial charge >= 0.3 is 0 Å². The van der Waals surface area contributed by atoms with Crippen LogP contribution in [0.1, 0.15) is 23.2 Å². The first-order chi connectivity index (χ1) is 8.68. The quantitative estimate of drug-likeness (QED) is 0.768. The third-order valence-corrected chi connectivity index (χ3v) is 3.04. The van der Waals surface area contributed by atoms with E-state index in [1.54, 1.807) is 30.3 Å². The van der Waals surface area contributed by atoms with Gasteiger partial charge < -0.3 is 15.4 Å². The van der Waals surface area contributed by atoms with Gasteiger partial charge in [0.05, 0.1) is 12.2 Å². The van der Waals surface area contributed by atoms with Gasteiger partial charge in [-0.1, -0.05) is 0 Å². The Bertz CT molecular complexity index is 418. The number of carbonyl (C=O) groups is 1. The molecule has 1 aliphatic carbocycles. The van der Waals surface area contributed by atoms with Gasteiger partial charge in [-0.3, -0.25) is 4.79 Å². The van der Waals surface area contributed by atoms with Crippen molar-refractivity contribution >= 4 is 11.7 Å². The lowest BCUT2D eigenvalue weighted by Crippen LogP contribution is -2.31. The van der Waals surface area contributed by atoms with Crippen LogP contribution in [0, 0.1) is 5.92 Å². The van der Waals surface area contributed by atoms with E-state index in [9.17, 15) is 4.79 Å². The molecule has 0 saturated heterocycles. The van der Waals surface area contributed by atoms with Crippen molar-refractivity contribution in [3.05, 3.63) is 23.9 Å². The van der Waals surface area contributed by atoms with Crippen molar-refractivity contribution in [1.29, 1.82) is 0 Å². The van der Waals surface area contributed by atoms with E-state index in [0.717, 1.165) is 12.5 Å². The highest BCUT2D eigenvalue weighted by Crippen LogP contribution is 2.28. The highest BCUT2D eigenvalue weighted by molar-refractivity contribution is 5.98. The number of rotatable bonds is 6. The molecular formula is C13H19N3O2. The largest absolute Gasteiger partial charge is 0.383 e. The highest BCUT2D eigenvalue weighted by atomic mass is 16.5. The van der Waals surface area contributed by atoms with Gasteiger partial charge in [0.2, 0.25) is 0 Å². The van der Waals surface area contributed by atoms with Crippen LogP contribution in [0.5, 0.6) is 0 Å². The number of aromatic nitrogens is 1. The van der Waals surface area contributed by atoms with Crippen LogP contribution in [0.25, 0.3) is 0 Å². The molecule has 18 heavy (non-hydrogen) atoms. The Labute approximate surface area is 107 Å². The molecule has 1 fully saturated rings. The van der Waals surface area contributed by atoms with Crippen LogP contribution in [0.3, 0.4) is 0 Å². The number of nitrogens with zero attached hydrogens (tertiary/aromatic N) is 2. The second-order valence-electron chi connectivity index (χ2n) is 4.68. The summed E-state index contributed by atoms with van der Waals surface area (Å²) >= 11 is 0. The van der Waals surface area contributed by atoms with E-state index in [1.807, 2.05) is 0 Å². The van der Waals surface area contributed by atoms with Crippen molar-refractivity contribution in [1.82, 2.24) is 9.88 Å². The van der Waals surface area contributed by atoms with E-state index < -0.39 is 0 Å². The second kappa shape index (κ2) is 5.82. The van der Waals surface area contributed by atoms with E-state index >= 15 is 0 Å². The molecule has 1 aliphatic rings. The predicted octanol–water partition coefficient (Wildman–Crippen LogP) is 1.16. The van der Waals surface area contributed by atoms with Crippen LogP contribution < -0.4 is 5.73 Å². The van der Waals surface area contributed by atoms with Crippen LogP contribution in [-0.4, -0.2) is 42.6 Å². The zero-order valence-electron chi connectivity index (χ0n) is 10.6. The molecule has 0 unspecified atom stereocenters. The van der Waals surface area contributed by atoms with Crippen molar-refractivity contribution in [3.63, 3.8) is 0 Å². The molecule has 0 aliphatic heterocycles. The molecule has 0 radical (unpaired) electrons. The molecule has 0 spiro atoms. The lowest BCUT2D eigenvalue weighted by Gasteiger charge is -2.17. The summed E-state index contributed by atoms with van der Waals surface area (Å²) < 4.78 is 5.50. The van der Waals surface area contributed by atoms with Crippen molar-refractivity contribution in [2.75, 3.05) is 32.5 Å². The first kappa shape index (κ1) is 12.8. The fourth-order valence-electron chi connectivity index (χ4n) is 1.64. The average Bonchev–Trinajstić information content (AvgIpc) is 3.18. The Morgan fingerprint density at radius 1 is 1.61 bits per heavy atom. The maximum Gasteiger partial charge on any atom is 0.257 e. The van der Waals surface area contributed by atoms with Crippen molar-refractivity contribution in [3.8, 4) is 0 Å². The van der Waals surface area contributed by atoms with Gasteiger partial charge in [0.25, 0.3) is 5.91 Å². The molecule has 5 heteroatoms. The molecule has 5 nitrogen and oxygen atoms in total. The third-order valence-electron chi connectivity index (χ3n) is 3.04. The number of hydrogen-bond donors (Lipinski definition) is 1. The summed E-state index contributed by atoms with van der Waals surface area (Å²) in [4.78, 5) is 17.6. The molecule has 2 rings (SSSR count). The third kappa shape index (κ3) is 3.43. The highest BCUT2D eigenvalue weighted by Gasteiger charge is 2.21. The van der Waals surface area contributed by atoms with Gasteiger partial charge in [-0.05, 0) is 30.9 Å². The van der Waals surface area contributed by atoms with Gasteiger partial charge in [-0.2, -0.15) is 0 Å². The van der Waals surface area contributed by atoms with Crippen LogP contribution in [0.15, 0.2) is 18.3 Å². The standard InChI is InChI=1S/C13H19N3O2/c1-16(7-8-18-9-10-4-5-10)13(17)11-3-2-6-15-12(11)14/h2-3,6,10H,4-5,7-9H2,1H3,(H2,14,15). The normalized spacial score (nSPS) is 14.5. The van der Waals surface area contributed by atoms with Gasteiger partial charge in [-0.25, -0.2) is 4.98 Å². The summed E-state index contributed by atoms with van der Waals surface area (Å²) in [6.45, 7) is 1.95. The van der Waals surface area contributed by atoms with E-state index in [0.29, 0.717) is 18.7 Å². The summed E-state index contributed by atoms with van der Waals surface area (Å²) in [6.07, 6.45) is 4.13. The number of pyridine rings is 1. The smallest absolute Gasteiger partial charge is 0.257 e. The van der Waals surface area contributed by atoms with E-state index in [-0.39, 0.29) is 11.7 Å². The number of hydrogen-bond acceptors (Lipinski definition) is 4. The first-order valence-corrected chi connectivity index (χ1v) is 6.22. The molecule has 0 aromatic carbocycles. The summed E-state index contributed by atoms with van der Waals surface area (Å²) in [5, 5.41) is 0. The first-order valence-electron chi connectivity index (χ1n) is 6.22. The number of likely N-dealkylation sites (N-methyl/N-ethyl adjacent to an activating group) is 1. The summed E-state index contributed by atoms with van der Waals surface area (Å²) in [7, 11) is 1.75. The van der Waals surface area contributed by atoms with Gasteiger partial charge in [0.1, 0.15) is 5.82 Å². The van der Waals surface area contributed by atoms with Crippen LogP contribution in [0.4, 0.5) is 5.82 Å². The second-order valence-corrected chi connectivity index (χ2v) is 4.68. The monoisotopic (exact) mass is 249 g/mol. The Kier molecular flexibility index (Phi) is 4.15. The molecule has 0 atom stereocenters. The molecule has 1 heterocycles. The lowest BCUT2D eigenvalue weighted by atomic mass is 10.2. The summed E-state index contributed by atoms with van der Waals surface area (Å²) in [5.41, 5.74) is 6.12. The molecule has 1 aromatic heterocycles. The topological polar surface area (TPSA) is 68.5 Å². The molecule has 1 aromatic rings. The number of amides is 1. The average molecular weight is 249 g/mol. The number of anilines is 1. The minimum Gasteiger partial charge on any atom is -0.383 e. The van der Waals surface area contributed by atoms with E-state index in [1.165, 1.54) is 12.8 Å². The number of carbonyl (C=O) groups excluding carboxylic acids is 1. The molecule has 1 saturated carbocycles. The molecule has 98 valence electrons. The zero-order chi connectivity index (χ0) is 13.0. The minimum absolute atomic E-state index is 0.115. The number of nitrogens with two attached hydrogens (primary N) is 1. The fraction of sp³-hybridized carbons (Fsp3) is 0.538. The Balaban J connectivity index is 1.78. The number of nitrogen functional groups attached to an aromatic ring is 1. The van der Waals surface area contributed by atoms with E-state index in [2.05, 4.69) is 4.98 Å². The zero-order valence-corrected chi connectivity index (χ0v) is 10.6. The van der Waals surface area contributed by atoms with Gasteiger partial charge in [0.15, 0.2) is 0 Å². The predicted molar refractivity (Wildman–Crippen MR) is 69.2 cm³/mol. The Morgan fingerprint density at radius 3 is 3.06 bits per heavy atom. The van der Waals surface area contributed by atoms with Crippen LogP contribution in [-0.2, 0) is 4.74 Å².